The average molecular weight is 1030 g/mol. The van der Waals surface area contributed by atoms with Gasteiger partial charge in [0.2, 0.25) is 0 Å². The van der Waals surface area contributed by atoms with Gasteiger partial charge in [-0.3, -0.25) is 14.4 Å². The van der Waals surface area contributed by atoms with Gasteiger partial charge in [0, 0.05) is 19.3 Å². The molecular formula is C67H126O6. The van der Waals surface area contributed by atoms with Crippen molar-refractivity contribution in [1.29, 1.82) is 0 Å². The summed E-state index contributed by atoms with van der Waals surface area (Å²) in [5.74, 6) is -0.846. The van der Waals surface area contributed by atoms with Crippen LogP contribution in [0, 0.1) is 0 Å². The highest BCUT2D eigenvalue weighted by Crippen LogP contribution is 2.18. The molecule has 0 radical (unpaired) electrons. The van der Waals surface area contributed by atoms with Crippen LogP contribution in [0.15, 0.2) is 24.3 Å². The van der Waals surface area contributed by atoms with E-state index in [2.05, 4.69) is 45.1 Å². The number of hydrogen-bond acceptors (Lipinski definition) is 6. The molecule has 0 heterocycles. The number of hydrogen-bond donors (Lipinski definition) is 0. The van der Waals surface area contributed by atoms with E-state index < -0.39 is 6.10 Å². The Morgan fingerprint density at radius 1 is 0.260 bits per heavy atom. The second-order valence-corrected chi connectivity index (χ2v) is 22.4. The first-order valence-corrected chi connectivity index (χ1v) is 32.8. The van der Waals surface area contributed by atoms with Crippen molar-refractivity contribution in [3.8, 4) is 0 Å². The van der Waals surface area contributed by atoms with Gasteiger partial charge in [0.15, 0.2) is 6.10 Å². The number of carbonyl (C=O) groups is 3. The van der Waals surface area contributed by atoms with Crippen molar-refractivity contribution in [2.75, 3.05) is 13.2 Å². The second-order valence-electron chi connectivity index (χ2n) is 22.4. The largest absolute Gasteiger partial charge is 0.462 e. The molecule has 0 aliphatic rings. The fourth-order valence-electron chi connectivity index (χ4n) is 9.97. The lowest BCUT2D eigenvalue weighted by Crippen LogP contribution is -2.30. The van der Waals surface area contributed by atoms with Gasteiger partial charge in [0.25, 0.3) is 0 Å². The molecule has 0 rings (SSSR count). The van der Waals surface area contributed by atoms with Crippen molar-refractivity contribution in [2.45, 2.75) is 374 Å². The Hall–Kier alpha value is -2.11. The minimum Gasteiger partial charge on any atom is -0.462 e. The van der Waals surface area contributed by atoms with Gasteiger partial charge in [-0.2, -0.15) is 0 Å². The molecule has 0 spiro atoms. The smallest absolute Gasteiger partial charge is 0.306 e. The summed E-state index contributed by atoms with van der Waals surface area (Å²) in [6.45, 7) is 6.70. The molecule has 0 saturated heterocycles. The van der Waals surface area contributed by atoms with Crippen LogP contribution in [-0.4, -0.2) is 37.2 Å². The molecule has 0 aliphatic carbocycles. The van der Waals surface area contributed by atoms with Crippen molar-refractivity contribution in [2.24, 2.45) is 0 Å². The number of rotatable bonds is 61. The van der Waals surface area contributed by atoms with E-state index in [-0.39, 0.29) is 31.1 Å². The molecule has 73 heavy (non-hydrogen) atoms. The van der Waals surface area contributed by atoms with Crippen molar-refractivity contribution in [1.82, 2.24) is 0 Å². The number of ether oxygens (including phenoxy) is 3. The molecule has 430 valence electrons. The minimum absolute atomic E-state index is 0.0676. The first-order chi connectivity index (χ1) is 36.0. The minimum atomic E-state index is -0.770. The third kappa shape index (κ3) is 60.6. The van der Waals surface area contributed by atoms with Gasteiger partial charge in [-0.15, -0.1) is 0 Å². The summed E-state index contributed by atoms with van der Waals surface area (Å²) < 4.78 is 16.9. The van der Waals surface area contributed by atoms with Crippen LogP contribution in [0.1, 0.15) is 367 Å². The highest BCUT2D eigenvalue weighted by molar-refractivity contribution is 5.71. The van der Waals surface area contributed by atoms with E-state index in [1.807, 2.05) is 0 Å². The van der Waals surface area contributed by atoms with Crippen LogP contribution in [0.2, 0.25) is 0 Å². The molecule has 0 aromatic carbocycles. The molecule has 0 aromatic heterocycles. The van der Waals surface area contributed by atoms with Crippen LogP contribution >= 0.6 is 0 Å². The molecule has 0 saturated carbocycles. The van der Waals surface area contributed by atoms with Gasteiger partial charge >= 0.3 is 17.9 Å². The molecule has 0 N–H and O–H groups in total. The molecule has 1 unspecified atom stereocenters. The van der Waals surface area contributed by atoms with Crippen LogP contribution in [0.5, 0.6) is 0 Å². The first-order valence-electron chi connectivity index (χ1n) is 32.8. The van der Waals surface area contributed by atoms with E-state index in [0.717, 1.165) is 57.8 Å². The summed E-state index contributed by atoms with van der Waals surface area (Å²) in [6, 6.07) is 0. The molecule has 1 atom stereocenters. The van der Waals surface area contributed by atoms with E-state index >= 15 is 0 Å². The highest BCUT2D eigenvalue weighted by Gasteiger charge is 2.19. The number of esters is 3. The van der Waals surface area contributed by atoms with E-state index in [1.165, 1.54) is 270 Å². The van der Waals surface area contributed by atoms with Crippen molar-refractivity contribution in [3.63, 3.8) is 0 Å². The lowest BCUT2D eigenvalue weighted by atomic mass is 10.0. The van der Waals surface area contributed by atoms with Gasteiger partial charge in [0.1, 0.15) is 13.2 Å². The maximum atomic E-state index is 12.9. The van der Waals surface area contributed by atoms with Gasteiger partial charge in [-0.1, -0.05) is 302 Å². The third-order valence-electron chi connectivity index (χ3n) is 14.9. The standard InChI is InChI=1S/C67H126O6/c1-4-7-10-13-16-19-22-25-27-29-30-31-32-33-34-35-36-38-39-42-45-48-51-54-57-60-66(69)72-63-64(62-71-65(68)59-56-53-50-47-44-41-24-21-18-15-12-9-6-3)73-67(70)61-58-55-52-49-46-43-40-37-28-26-23-20-17-14-11-8-5-2/h26,28-30,64H,4-25,27,31-63H2,1-3H3/b28-26-,30-29-. The Kier molecular flexibility index (Phi) is 60.6. The Morgan fingerprint density at radius 3 is 0.685 bits per heavy atom. The topological polar surface area (TPSA) is 78.9 Å². The maximum Gasteiger partial charge on any atom is 0.306 e. The van der Waals surface area contributed by atoms with E-state index in [4.69, 9.17) is 14.2 Å². The van der Waals surface area contributed by atoms with Gasteiger partial charge < -0.3 is 14.2 Å². The maximum absolute atomic E-state index is 12.9. The molecule has 0 aliphatic heterocycles. The summed E-state index contributed by atoms with van der Waals surface area (Å²) in [4.78, 5) is 38.3. The SMILES string of the molecule is CCCCCCCC/C=C\CCCCCCCCCC(=O)OC(COC(=O)CCCCCCCCCCCCCCC)COC(=O)CCCCCCCCCCCCCCC/C=C\CCCCCCCCCC. The van der Waals surface area contributed by atoms with Gasteiger partial charge in [-0.25, -0.2) is 0 Å². The predicted octanol–water partition coefficient (Wildman–Crippen LogP) is 22.2. The Morgan fingerprint density at radius 2 is 0.452 bits per heavy atom. The lowest BCUT2D eigenvalue weighted by Gasteiger charge is -2.18. The van der Waals surface area contributed by atoms with Crippen molar-refractivity contribution in [3.05, 3.63) is 24.3 Å². The monoisotopic (exact) mass is 1030 g/mol. The summed E-state index contributed by atoms with van der Waals surface area (Å²) in [5.41, 5.74) is 0. The molecule has 0 fully saturated rings. The van der Waals surface area contributed by atoms with E-state index in [1.54, 1.807) is 0 Å². The fourth-order valence-corrected chi connectivity index (χ4v) is 9.97. The molecule has 0 amide bonds. The summed E-state index contributed by atoms with van der Waals surface area (Å²) >= 11 is 0. The third-order valence-corrected chi connectivity index (χ3v) is 14.9. The zero-order valence-electron chi connectivity index (χ0n) is 49.4. The van der Waals surface area contributed by atoms with Crippen LogP contribution in [-0.2, 0) is 28.6 Å². The van der Waals surface area contributed by atoms with Crippen LogP contribution in [0.3, 0.4) is 0 Å². The Labute approximate surface area is 455 Å². The fraction of sp³-hybridized carbons (Fsp3) is 0.896. The quantitative estimate of drug-likeness (QED) is 0.0261. The normalized spacial score (nSPS) is 12.1. The predicted molar refractivity (Wildman–Crippen MR) is 316 cm³/mol. The summed E-state index contributed by atoms with van der Waals surface area (Å²) in [7, 11) is 0. The van der Waals surface area contributed by atoms with E-state index in [9.17, 15) is 14.4 Å². The first kappa shape index (κ1) is 70.9. The molecule has 0 aromatic rings. The zero-order valence-corrected chi connectivity index (χ0v) is 49.4. The lowest BCUT2D eigenvalue weighted by molar-refractivity contribution is -0.167. The number of unbranched alkanes of at least 4 members (excludes halogenated alkanes) is 46. The molecule has 0 bridgehead atoms. The number of carbonyl (C=O) groups excluding carboxylic acids is 3. The van der Waals surface area contributed by atoms with Crippen LogP contribution in [0.25, 0.3) is 0 Å². The summed E-state index contributed by atoms with van der Waals surface area (Å²) in [6.07, 6.45) is 74.8. The Bertz CT molecular complexity index is 1180. The molecule has 6 heteroatoms. The van der Waals surface area contributed by atoms with Gasteiger partial charge in [-0.05, 0) is 70.6 Å². The summed E-state index contributed by atoms with van der Waals surface area (Å²) in [5, 5.41) is 0. The van der Waals surface area contributed by atoms with Gasteiger partial charge in [0.05, 0.1) is 0 Å². The van der Waals surface area contributed by atoms with Crippen LogP contribution in [0.4, 0.5) is 0 Å². The second kappa shape index (κ2) is 62.4. The molecule has 6 nitrogen and oxygen atoms in total. The highest BCUT2D eigenvalue weighted by atomic mass is 16.6. The van der Waals surface area contributed by atoms with Crippen LogP contribution < -0.4 is 0 Å². The zero-order chi connectivity index (χ0) is 52.9. The van der Waals surface area contributed by atoms with Crippen molar-refractivity contribution >= 4 is 17.9 Å². The Balaban J connectivity index is 4.23. The molecular weight excluding hydrogens is 901 g/mol. The average Bonchev–Trinajstić information content (AvgIpc) is 3.39. The van der Waals surface area contributed by atoms with E-state index in [0.29, 0.717) is 19.3 Å². The number of allylic oxidation sites excluding steroid dienone is 4. The van der Waals surface area contributed by atoms with Crippen molar-refractivity contribution < 1.29 is 28.6 Å².